The summed E-state index contributed by atoms with van der Waals surface area (Å²) in [5.41, 5.74) is 3.00. The Balaban J connectivity index is 1.66. The minimum Gasteiger partial charge on any atom is -0.344 e. The van der Waals surface area contributed by atoms with Crippen molar-refractivity contribution in [3.8, 4) is 11.1 Å². The van der Waals surface area contributed by atoms with Crippen LogP contribution in [0.15, 0.2) is 65.8 Å². The smallest absolute Gasteiger partial charge is 0.278 e. The van der Waals surface area contributed by atoms with Gasteiger partial charge in [-0.2, -0.15) is 0 Å². The van der Waals surface area contributed by atoms with Gasteiger partial charge in [-0.1, -0.05) is 41.4 Å². The van der Waals surface area contributed by atoms with Gasteiger partial charge in [0.25, 0.3) is 5.56 Å². The summed E-state index contributed by atoms with van der Waals surface area (Å²) in [6.07, 6.45) is 3.24. The fourth-order valence-corrected chi connectivity index (χ4v) is 3.50. The molecule has 4 aromatic rings. The van der Waals surface area contributed by atoms with E-state index in [1.165, 1.54) is 10.9 Å². The number of hydrogen-bond donors (Lipinski definition) is 1. The fourth-order valence-electron chi connectivity index (χ4n) is 3.19. The highest BCUT2D eigenvalue weighted by Gasteiger charge is 2.16. The molecule has 0 saturated carbocycles. The van der Waals surface area contributed by atoms with Crippen LogP contribution in [-0.4, -0.2) is 20.0 Å². The molecule has 0 saturated heterocycles. The van der Waals surface area contributed by atoms with Gasteiger partial charge < -0.3 is 9.88 Å². The molecule has 0 aliphatic heterocycles. The lowest BCUT2D eigenvalue weighted by molar-refractivity contribution is -0.116. The van der Waals surface area contributed by atoms with Crippen LogP contribution in [-0.2, 0) is 18.4 Å². The van der Waals surface area contributed by atoms with Crippen molar-refractivity contribution in [1.82, 2.24) is 14.1 Å². The summed E-state index contributed by atoms with van der Waals surface area (Å²) in [5, 5.41) is 3.88. The van der Waals surface area contributed by atoms with Gasteiger partial charge in [0.15, 0.2) is 0 Å². The minimum atomic E-state index is -0.345. The molecule has 0 spiro atoms. The van der Waals surface area contributed by atoms with Gasteiger partial charge in [0.05, 0.1) is 6.33 Å². The van der Waals surface area contributed by atoms with Crippen LogP contribution in [0.2, 0.25) is 10.0 Å². The summed E-state index contributed by atoms with van der Waals surface area (Å²) in [6, 6.07) is 14.1. The highest BCUT2D eigenvalue weighted by molar-refractivity contribution is 6.31. The number of fused-ring (bicyclic) bond motifs is 1. The van der Waals surface area contributed by atoms with E-state index in [9.17, 15) is 9.59 Å². The van der Waals surface area contributed by atoms with Crippen molar-refractivity contribution >= 4 is 45.8 Å². The maximum absolute atomic E-state index is 13.0. The second-order valence-electron chi connectivity index (χ2n) is 6.59. The zero-order valence-electron chi connectivity index (χ0n) is 15.4. The Morgan fingerprint density at radius 3 is 2.59 bits per heavy atom. The Bertz CT molecular complexity index is 1280. The van der Waals surface area contributed by atoms with Crippen molar-refractivity contribution in [1.29, 1.82) is 0 Å². The molecule has 0 fully saturated rings. The first-order chi connectivity index (χ1) is 13.9. The summed E-state index contributed by atoms with van der Waals surface area (Å²) in [6.45, 7) is -0.157. The lowest BCUT2D eigenvalue weighted by Gasteiger charge is -2.08. The topological polar surface area (TPSA) is 68.9 Å². The highest BCUT2D eigenvalue weighted by Crippen LogP contribution is 2.28. The lowest BCUT2D eigenvalue weighted by atomic mass is 10.1. The molecular weight excluding hydrogens is 411 g/mol. The van der Waals surface area contributed by atoms with E-state index in [1.807, 2.05) is 18.3 Å². The number of aromatic nitrogens is 3. The Labute approximate surface area is 176 Å². The molecule has 0 radical (unpaired) electrons. The number of amides is 1. The highest BCUT2D eigenvalue weighted by atomic mass is 35.5. The van der Waals surface area contributed by atoms with Crippen LogP contribution in [0.5, 0.6) is 0 Å². The first-order valence-corrected chi connectivity index (χ1v) is 9.54. The van der Waals surface area contributed by atoms with Gasteiger partial charge in [0.2, 0.25) is 5.91 Å². The molecule has 2 heterocycles. The number of carbonyl (C=O) groups excluding carboxylic acids is 1. The number of nitrogens with zero attached hydrogens (tertiary/aromatic N) is 3. The average Bonchev–Trinajstić information content (AvgIpc) is 3.02. The van der Waals surface area contributed by atoms with Crippen molar-refractivity contribution in [2.45, 2.75) is 6.54 Å². The van der Waals surface area contributed by atoms with Crippen molar-refractivity contribution < 1.29 is 4.79 Å². The number of anilines is 1. The van der Waals surface area contributed by atoms with Gasteiger partial charge >= 0.3 is 0 Å². The predicted molar refractivity (Wildman–Crippen MR) is 116 cm³/mol. The summed E-state index contributed by atoms with van der Waals surface area (Å²) >= 11 is 11.9. The predicted octanol–water partition coefficient (Wildman–Crippen LogP) is 4.35. The van der Waals surface area contributed by atoms with Crippen LogP contribution in [0, 0.1) is 0 Å². The van der Waals surface area contributed by atoms with E-state index < -0.39 is 0 Å². The van der Waals surface area contributed by atoms with E-state index in [0.29, 0.717) is 26.8 Å². The van der Waals surface area contributed by atoms with E-state index >= 15 is 0 Å². The first kappa shape index (κ1) is 19.2. The molecule has 0 aliphatic carbocycles. The lowest BCUT2D eigenvalue weighted by Crippen LogP contribution is -2.28. The molecule has 0 bridgehead atoms. The Morgan fingerprint density at radius 2 is 1.86 bits per heavy atom. The molecule has 146 valence electrons. The normalized spacial score (nSPS) is 11.0. The summed E-state index contributed by atoms with van der Waals surface area (Å²) < 4.78 is 3.01. The van der Waals surface area contributed by atoms with Crippen molar-refractivity contribution in [2.75, 3.05) is 5.32 Å². The molecule has 0 aliphatic rings. The molecule has 1 amide bonds. The van der Waals surface area contributed by atoms with E-state index in [-0.39, 0.29) is 18.0 Å². The van der Waals surface area contributed by atoms with Crippen molar-refractivity contribution in [3.05, 3.63) is 81.5 Å². The number of benzene rings is 2. The molecule has 1 N–H and O–H groups in total. The van der Waals surface area contributed by atoms with Gasteiger partial charge in [0, 0.05) is 34.5 Å². The third kappa shape index (κ3) is 3.90. The molecule has 2 aromatic carbocycles. The maximum Gasteiger partial charge on any atom is 0.278 e. The monoisotopic (exact) mass is 426 g/mol. The Kier molecular flexibility index (Phi) is 5.13. The number of carbonyl (C=O) groups is 1. The van der Waals surface area contributed by atoms with Crippen LogP contribution in [0.3, 0.4) is 0 Å². The molecule has 29 heavy (non-hydrogen) atoms. The largest absolute Gasteiger partial charge is 0.344 e. The van der Waals surface area contributed by atoms with Crippen molar-refractivity contribution in [3.63, 3.8) is 0 Å². The zero-order chi connectivity index (χ0) is 20.5. The van der Waals surface area contributed by atoms with Crippen LogP contribution in [0.25, 0.3) is 22.2 Å². The summed E-state index contributed by atoms with van der Waals surface area (Å²) in [7, 11) is 1.78. The number of halogens is 2. The molecule has 0 atom stereocenters. The van der Waals surface area contributed by atoms with E-state index in [0.717, 1.165) is 11.1 Å². The molecule has 2 aromatic heterocycles. The first-order valence-electron chi connectivity index (χ1n) is 8.78. The Hall–Kier alpha value is -3.09. The van der Waals surface area contributed by atoms with Crippen molar-refractivity contribution in [2.24, 2.45) is 7.05 Å². The van der Waals surface area contributed by atoms with Crippen LogP contribution < -0.4 is 10.9 Å². The maximum atomic E-state index is 13.0. The van der Waals surface area contributed by atoms with Gasteiger partial charge in [-0.05, 0) is 35.9 Å². The van der Waals surface area contributed by atoms with E-state index in [4.69, 9.17) is 23.2 Å². The Morgan fingerprint density at radius 1 is 1.10 bits per heavy atom. The van der Waals surface area contributed by atoms with Gasteiger partial charge in [0.1, 0.15) is 17.6 Å². The van der Waals surface area contributed by atoms with Crippen LogP contribution in [0.4, 0.5) is 5.69 Å². The SMILES string of the molecule is Cn1cc(-c2ccc(Cl)cc2)c2ncn(CC(=O)Nc3cccc(Cl)c3)c(=O)c21. The summed E-state index contributed by atoms with van der Waals surface area (Å²) in [4.78, 5) is 29.8. The molecular formula is C21H16Cl2N4O2. The second kappa shape index (κ2) is 7.73. The average molecular weight is 427 g/mol. The van der Waals surface area contributed by atoms with Crippen LogP contribution in [0.1, 0.15) is 0 Å². The zero-order valence-corrected chi connectivity index (χ0v) is 16.9. The second-order valence-corrected chi connectivity index (χ2v) is 7.47. The number of hydrogen-bond acceptors (Lipinski definition) is 3. The molecule has 8 heteroatoms. The standard InChI is InChI=1S/C21H16Cl2N4O2/c1-26-10-17(13-5-7-14(22)8-6-13)19-20(26)21(29)27(12-24-19)11-18(28)25-16-4-2-3-15(23)9-16/h2-10,12H,11H2,1H3,(H,25,28). The number of rotatable bonds is 4. The van der Waals surface area contributed by atoms with Gasteiger partial charge in [-0.15, -0.1) is 0 Å². The van der Waals surface area contributed by atoms with Crippen LogP contribution >= 0.6 is 23.2 Å². The fraction of sp³-hybridized carbons (Fsp3) is 0.0952. The molecule has 6 nitrogen and oxygen atoms in total. The van der Waals surface area contributed by atoms with Gasteiger partial charge in [-0.3, -0.25) is 14.2 Å². The third-order valence-corrected chi connectivity index (χ3v) is 5.01. The minimum absolute atomic E-state index is 0.157. The molecule has 0 unspecified atom stereocenters. The van der Waals surface area contributed by atoms with E-state index in [2.05, 4.69) is 10.3 Å². The number of nitrogens with one attached hydrogen (secondary N) is 1. The summed E-state index contributed by atoms with van der Waals surface area (Å²) in [5.74, 6) is -0.345. The van der Waals surface area contributed by atoms with Gasteiger partial charge in [-0.25, -0.2) is 4.98 Å². The molecule has 4 rings (SSSR count). The third-order valence-electron chi connectivity index (χ3n) is 4.52. The quantitative estimate of drug-likeness (QED) is 0.527. The van der Waals surface area contributed by atoms with E-state index in [1.54, 1.807) is 48.0 Å². The number of aryl methyl sites for hydroxylation is 1.